The van der Waals surface area contributed by atoms with Gasteiger partial charge in [0, 0.05) is 12.6 Å². The average Bonchev–Trinajstić information content (AvgIpc) is 2.90. The zero-order chi connectivity index (χ0) is 18.9. The summed E-state index contributed by atoms with van der Waals surface area (Å²) < 4.78 is 11.1. The molecule has 1 amide bonds. The van der Waals surface area contributed by atoms with E-state index in [4.69, 9.17) is 9.15 Å². The topological polar surface area (TPSA) is 75.8 Å². The fraction of sp³-hybridized carbons (Fsp3) is 0.300. The van der Waals surface area contributed by atoms with E-state index in [0.29, 0.717) is 22.7 Å². The summed E-state index contributed by atoms with van der Waals surface area (Å²) in [6, 6.07) is 12.2. The van der Waals surface area contributed by atoms with E-state index in [-0.39, 0.29) is 12.3 Å². The molecule has 0 atom stereocenters. The predicted molar refractivity (Wildman–Crippen MR) is 99.3 cm³/mol. The molecule has 26 heavy (non-hydrogen) atoms. The highest BCUT2D eigenvalue weighted by molar-refractivity contribution is 5.90. The fourth-order valence-corrected chi connectivity index (χ4v) is 2.61. The van der Waals surface area contributed by atoms with Crippen molar-refractivity contribution in [3.63, 3.8) is 0 Å². The molecule has 0 unspecified atom stereocenters. The fourth-order valence-electron chi connectivity index (χ4n) is 2.61. The van der Waals surface area contributed by atoms with Gasteiger partial charge in [-0.1, -0.05) is 12.1 Å². The highest BCUT2D eigenvalue weighted by Gasteiger charge is 2.24. The smallest absolute Gasteiger partial charge is 0.415 e. The molecule has 2 aromatic carbocycles. The van der Waals surface area contributed by atoms with Crippen molar-refractivity contribution in [3.8, 4) is 5.75 Å². The van der Waals surface area contributed by atoms with E-state index >= 15 is 0 Å². The number of aryl methyl sites for hydroxylation is 1. The van der Waals surface area contributed by atoms with E-state index in [9.17, 15) is 9.90 Å². The highest BCUT2D eigenvalue weighted by atomic mass is 16.6. The summed E-state index contributed by atoms with van der Waals surface area (Å²) in [6.45, 7) is 7.49. The van der Waals surface area contributed by atoms with Gasteiger partial charge >= 0.3 is 6.09 Å². The van der Waals surface area contributed by atoms with Crippen LogP contribution in [-0.4, -0.2) is 21.8 Å². The van der Waals surface area contributed by atoms with Crippen molar-refractivity contribution >= 4 is 22.9 Å². The number of rotatable bonds is 3. The van der Waals surface area contributed by atoms with Crippen molar-refractivity contribution < 1.29 is 19.1 Å². The van der Waals surface area contributed by atoms with Crippen molar-refractivity contribution in [2.45, 2.75) is 39.8 Å². The number of nitrogens with zero attached hydrogens (tertiary/aromatic N) is 2. The maximum Gasteiger partial charge on any atom is 0.415 e. The van der Waals surface area contributed by atoms with Gasteiger partial charge in [-0.25, -0.2) is 9.78 Å². The number of phenols is 1. The summed E-state index contributed by atoms with van der Waals surface area (Å²) in [7, 11) is 0. The first-order valence-electron chi connectivity index (χ1n) is 8.37. The number of hydrogen-bond donors (Lipinski definition) is 1. The number of ether oxygens (including phenoxy) is 1. The Morgan fingerprint density at radius 1 is 1.23 bits per heavy atom. The summed E-state index contributed by atoms with van der Waals surface area (Å²) in [6.07, 6.45) is -0.472. The van der Waals surface area contributed by atoms with Crippen molar-refractivity contribution in [2.24, 2.45) is 0 Å². The van der Waals surface area contributed by atoms with E-state index in [2.05, 4.69) is 4.98 Å². The lowest BCUT2D eigenvalue weighted by Gasteiger charge is -2.27. The molecule has 0 aliphatic rings. The van der Waals surface area contributed by atoms with Crippen LogP contribution in [0, 0.1) is 6.92 Å². The molecule has 136 valence electrons. The third-order valence-electron chi connectivity index (χ3n) is 3.65. The molecule has 0 saturated carbocycles. The minimum absolute atomic E-state index is 0.147. The van der Waals surface area contributed by atoms with Gasteiger partial charge in [-0.2, -0.15) is 0 Å². The van der Waals surface area contributed by atoms with Crippen LogP contribution in [0.1, 0.15) is 32.2 Å². The first-order valence-corrected chi connectivity index (χ1v) is 8.37. The Balaban J connectivity index is 1.98. The van der Waals surface area contributed by atoms with Crippen LogP contribution in [0.2, 0.25) is 0 Å². The summed E-state index contributed by atoms with van der Waals surface area (Å²) in [4.78, 5) is 18.6. The Morgan fingerprint density at radius 3 is 2.69 bits per heavy atom. The monoisotopic (exact) mass is 354 g/mol. The number of aromatic hydroxyl groups is 1. The summed E-state index contributed by atoms with van der Waals surface area (Å²) in [5, 5.41) is 9.71. The second-order valence-electron chi connectivity index (χ2n) is 7.12. The number of fused-ring (bicyclic) bond motifs is 1. The number of oxazole rings is 1. The molecule has 0 fully saturated rings. The molecule has 0 aliphatic carbocycles. The summed E-state index contributed by atoms with van der Waals surface area (Å²) in [5.41, 5.74) is 2.14. The second kappa shape index (κ2) is 6.71. The van der Waals surface area contributed by atoms with E-state index in [1.165, 1.54) is 4.90 Å². The van der Waals surface area contributed by atoms with Crippen LogP contribution in [0.4, 0.5) is 10.5 Å². The van der Waals surface area contributed by atoms with Crippen LogP contribution >= 0.6 is 0 Å². The van der Waals surface area contributed by atoms with Gasteiger partial charge in [0.05, 0.1) is 6.54 Å². The molecule has 6 nitrogen and oxygen atoms in total. The van der Waals surface area contributed by atoms with E-state index in [1.807, 2.05) is 26.8 Å². The van der Waals surface area contributed by atoms with Gasteiger partial charge < -0.3 is 14.3 Å². The molecule has 3 aromatic rings. The number of benzene rings is 2. The average molecular weight is 354 g/mol. The van der Waals surface area contributed by atoms with Crippen LogP contribution in [0.3, 0.4) is 0 Å². The maximum absolute atomic E-state index is 12.8. The zero-order valence-corrected chi connectivity index (χ0v) is 15.3. The third kappa shape index (κ3) is 4.14. The van der Waals surface area contributed by atoms with Gasteiger partial charge in [0.15, 0.2) is 11.5 Å². The summed E-state index contributed by atoms with van der Waals surface area (Å²) >= 11 is 0. The number of hydrogen-bond acceptors (Lipinski definition) is 5. The number of amides is 1. The number of phenolic OH excluding ortho intramolecular Hbond substituents is 1. The van der Waals surface area contributed by atoms with E-state index in [1.54, 1.807) is 43.3 Å². The van der Waals surface area contributed by atoms with Gasteiger partial charge in [-0.05, 0) is 56.7 Å². The molecule has 0 radical (unpaired) electrons. The quantitative estimate of drug-likeness (QED) is 0.732. The van der Waals surface area contributed by atoms with Gasteiger partial charge in [-0.3, -0.25) is 4.90 Å². The maximum atomic E-state index is 12.8. The lowest BCUT2D eigenvalue weighted by atomic mass is 10.1. The SMILES string of the molecule is Cc1nc2cc(N(Cc3cccc(O)c3)C(=O)OC(C)(C)C)ccc2o1. The largest absolute Gasteiger partial charge is 0.508 e. The second-order valence-corrected chi connectivity index (χ2v) is 7.12. The predicted octanol–water partition coefficient (Wildman–Crippen LogP) is 4.78. The molecule has 1 N–H and O–H groups in total. The van der Waals surface area contributed by atoms with Crippen molar-refractivity contribution in [1.29, 1.82) is 0 Å². The third-order valence-corrected chi connectivity index (χ3v) is 3.65. The molecule has 1 aromatic heterocycles. The van der Waals surface area contributed by atoms with Crippen LogP contribution < -0.4 is 4.90 Å². The molecule has 6 heteroatoms. The van der Waals surface area contributed by atoms with Crippen LogP contribution in [-0.2, 0) is 11.3 Å². The Morgan fingerprint density at radius 2 is 2.00 bits per heavy atom. The van der Waals surface area contributed by atoms with Crippen LogP contribution in [0.15, 0.2) is 46.9 Å². The first-order chi connectivity index (χ1) is 12.2. The number of carbonyl (C=O) groups is 1. The van der Waals surface area contributed by atoms with Crippen molar-refractivity contribution in [2.75, 3.05) is 4.90 Å². The molecule has 0 spiro atoms. The Kier molecular flexibility index (Phi) is 4.59. The number of anilines is 1. The molecule has 0 bridgehead atoms. The Bertz CT molecular complexity index is 940. The van der Waals surface area contributed by atoms with Gasteiger partial charge in [0.25, 0.3) is 0 Å². The molecule has 3 rings (SSSR count). The lowest BCUT2D eigenvalue weighted by molar-refractivity contribution is 0.0577. The van der Waals surface area contributed by atoms with E-state index in [0.717, 1.165) is 5.56 Å². The van der Waals surface area contributed by atoms with Crippen molar-refractivity contribution in [3.05, 3.63) is 53.9 Å². The highest BCUT2D eigenvalue weighted by Crippen LogP contribution is 2.26. The number of aromatic nitrogens is 1. The Hall–Kier alpha value is -3.02. The molecular weight excluding hydrogens is 332 g/mol. The standard InChI is InChI=1S/C20H22N2O4/c1-13-21-17-11-15(8-9-18(17)25-13)22(19(24)26-20(2,3)4)12-14-6-5-7-16(23)10-14/h5-11,23H,12H2,1-4H3. The minimum atomic E-state index is -0.622. The molecular formula is C20H22N2O4. The Labute approximate surface area is 152 Å². The molecule has 1 heterocycles. The van der Waals surface area contributed by atoms with Gasteiger partial charge in [0.2, 0.25) is 0 Å². The van der Waals surface area contributed by atoms with Crippen LogP contribution in [0.25, 0.3) is 11.1 Å². The molecule has 0 aliphatic heterocycles. The van der Waals surface area contributed by atoms with Gasteiger partial charge in [0.1, 0.15) is 16.9 Å². The minimum Gasteiger partial charge on any atom is -0.508 e. The normalized spacial score (nSPS) is 11.5. The molecule has 0 saturated heterocycles. The number of carbonyl (C=O) groups excluding carboxylic acids is 1. The summed E-state index contributed by atoms with van der Waals surface area (Å²) in [5.74, 6) is 0.711. The first kappa shape index (κ1) is 17.8. The van der Waals surface area contributed by atoms with Gasteiger partial charge in [-0.15, -0.1) is 0 Å². The van der Waals surface area contributed by atoms with Crippen LogP contribution in [0.5, 0.6) is 5.75 Å². The lowest BCUT2D eigenvalue weighted by Crippen LogP contribution is -2.36. The van der Waals surface area contributed by atoms with Crippen molar-refractivity contribution in [1.82, 2.24) is 4.98 Å². The zero-order valence-electron chi connectivity index (χ0n) is 15.3. The van der Waals surface area contributed by atoms with E-state index < -0.39 is 11.7 Å².